The molecule has 0 aliphatic rings. The lowest BCUT2D eigenvalue weighted by atomic mass is 10.2. The van der Waals surface area contributed by atoms with Gasteiger partial charge in [-0.25, -0.2) is 4.39 Å². The van der Waals surface area contributed by atoms with Crippen molar-refractivity contribution in [1.82, 2.24) is 15.1 Å². The number of carbonyl (C=O) groups is 1. The summed E-state index contributed by atoms with van der Waals surface area (Å²) >= 11 is 1.20. The molecule has 0 saturated heterocycles. The molecular weight excluding hydrogens is 353 g/mol. The van der Waals surface area contributed by atoms with E-state index in [9.17, 15) is 9.18 Å². The molecule has 134 valence electrons. The molecule has 0 aliphatic heterocycles. The first-order valence-electron chi connectivity index (χ1n) is 8.08. The zero-order valence-electron chi connectivity index (χ0n) is 14.4. The fourth-order valence-corrected chi connectivity index (χ4v) is 3.25. The molecule has 5 nitrogen and oxygen atoms in total. The van der Waals surface area contributed by atoms with Crippen molar-refractivity contribution in [3.63, 3.8) is 0 Å². The summed E-state index contributed by atoms with van der Waals surface area (Å²) in [4.78, 5) is 14.1. The first-order chi connectivity index (χ1) is 12.5. The van der Waals surface area contributed by atoms with Crippen molar-refractivity contribution in [3.05, 3.63) is 66.0 Å². The van der Waals surface area contributed by atoms with E-state index < -0.39 is 5.25 Å². The van der Waals surface area contributed by atoms with Crippen LogP contribution in [0.5, 0.6) is 0 Å². The minimum absolute atomic E-state index is 0.0984. The number of aromatic nitrogens is 2. The van der Waals surface area contributed by atoms with Crippen molar-refractivity contribution in [1.29, 1.82) is 0 Å². The van der Waals surface area contributed by atoms with Gasteiger partial charge in [0.2, 0.25) is 11.8 Å². The molecule has 2 aromatic carbocycles. The Morgan fingerprint density at radius 1 is 1.19 bits per heavy atom. The maximum absolute atomic E-state index is 13.3. The topological polar surface area (TPSA) is 59.2 Å². The molecule has 0 N–H and O–H groups in total. The van der Waals surface area contributed by atoms with Crippen molar-refractivity contribution >= 4 is 17.7 Å². The molecule has 0 unspecified atom stereocenters. The predicted molar refractivity (Wildman–Crippen MR) is 97.9 cm³/mol. The first-order valence-corrected chi connectivity index (χ1v) is 8.96. The van der Waals surface area contributed by atoms with Gasteiger partial charge in [-0.05, 0) is 36.8 Å². The van der Waals surface area contributed by atoms with Gasteiger partial charge in [0.15, 0.2) is 0 Å². The summed E-state index contributed by atoms with van der Waals surface area (Å²) in [7, 11) is 1.69. The SMILES string of the molecule is C[C@H](Sc1nnc(-c2ccccc2)o1)C(=O)N(C)Cc1cccc(F)c1. The molecule has 0 spiro atoms. The van der Waals surface area contributed by atoms with E-state index in [-0.39, 0.29) is 11.7 Å². The van der Waals surface area contributed by atoms with Crippen LogP contribution in [-0.2, 0) is 11.3 Å². The van der Waals surface area contributed by atoms with Crippen molar-refractivity contribution < 1.29 is 13.6 Å². The lowest BCUT2D eigenvalue weighted by molar-refractivity contribution is -0.129. The summed E-state index contributed by atoms with van der Waals surface area (Å²) in [6.07, 6.45) is 0. The summed E-state index contributed by atoms with van der Waals surface area (Å²) in [5.74, 6) is 0.00432. The van der Waals surface area contributed by atoms with Gasteiger partial charge in [0.1, 0.15) is 5.82 Å². The molecule has 0 fully saturated rings. The third kappa shape index (κ3) is 4.49. The highest BCUT2D eigenvalue weighted by Crippen LogP contribution is 2.27. The third-order valence-corrected chi connectivity index (χ3v) is 4.66. The number of hydrogen-bond acceptors (Lipinski definition) is 5. The van der Waals surface area contributed by atoms with Gasteiger partial charge < -0.3 is 9.32 Å². The molecule has 1 atom stereocenters. The van der Waals surface area contributed by atoms with Crippen molar-refractivity contribution in [2.75, 3.05) is 7.05 Å². The van der Waals surface area contributed by atoms with Crippen LogP contribution in [0.2, 0.25) is 0 Å². The quantitative estimate of drug-likeness (QED) is 0.613. The fraction of sp³-hybridized carbons (Fsp3) is 0.211. The smallest absolute Gasteiger partial charge is 0.277 e. The number of amides is 1. The van der Waals surface area contributed by atoms with Gasteiger partial charge in [-0.3, -0.25) is 4.79 Å². The van der Waals surface area contributed by atoms with E-state index >= 15 is 0 Å². The average molecular weight is 371 g/mol. The molecule has 0 saturated carbocycles. The zero-order chi connectivity index (χ0) is 18.5. The number of thioether (sulfide) groups is 1. The zero-order valence-corrected chi connectivity index (χ0v) is 15.2. The van der Waals surface area contributed by atoms with Gasteiger partial charge >= 0.3 is 0 Å². The normalized spacial score (nSPS) is 12.0. The van der Waals surface area contributed by atoms with Crippen LogP contribution in [0.1, 0.15) is 12.5 Å². The average Bonchev–Trinajstić information content (AvgIpc) is 3.10. The second-order valence-corrected chi connectivity index (χ2v) is 7.12. The predicted octanol–water partition coefficient (Wildman–Crippen LogP) is 4.01. The van der Waals surface area contributed by atoms with Gasteiger partial charge in [0, 0.05) is 19.2 Å². The van der Waals surface area contributed by atoms with E-state index in [1.54, 1.807) is 31.0 Å². The number of benzene rings is 2. The maximum atomic E-state index is 13.3. The molecule has 0 aliphatic carbocycles. The second kappa shape index (κ2) is 8.14. The Bertz CT molecular complexity index is 885. The Balaban J connectivity index is 1.61. The van der Waals surface area contributed by atoms with Crippen LogP contribution < -0.4 is 0 Å². The van der Waals surface area contributed by atoms with E-state index in [1.807, 2.05) is 30.3 Å². The van der Waals surface area contributed by atoms with Gasteiger partial charge in [-0.2, -0.15) is 0 Å². The van der Waals surface area contributed by atoms with Crippen LogP contribution in [0.15, 0.2) is 64.2 Å². The van der Waals surface area contributed by atoms with Gasteiger partial charge in [0.05, 0.1) is 5.25 Å². The molecule has 3 aromatic rings. The van der Waals surface area contributed by atoms with E-state index in [0.29, 0.717) is 17.7 Å². The standard InChI is InChI=1S/C19H18FN3O2S/c1-13(18(24)23(2)12-14-7-6-10-16(20)11-14)26-19-22-21-17(25-19)15-8-4-3-5-9-15/h3-11,13H,12H2,1-2H3/t13-/m0/s1. The molecule has 1 aromatic heterocycles. The van der Waals surface area contributed by atoms with Gasteiger partial charge in [-0.15, -0.1) is 10.2 Å². The summed E-state index contributed by atoms with van der Waals surface area (Å²) in [6, 6.07) is 15.7. The van der Waals surface area contributed by atoms with Crippen LogP contribution in [0.4, 0.5) is 4.39 Å². The second-order valence-electron chi connectivity index (χ2n) is 5.82. The lowest BCUT2D eigenvalue weighted by Gasteiger charge is -2.20. The Kier molecular flexibility index (Phi) is 5.68. The molecule has 3 rings (SSSR count). The largest absolute Gasteiger partial charge is 0.411 e. The molecule has 7 heteroatoms. The van der Waals surface area contributed by atoms with E-state index in [2.05, 4.69) is 10.2 Å². The van der Waals surface area contributed by atoms with E-state index in [0.717, 1.165) is 11.1 Å². The van der Waals surface area contributed by atoms with Crippen molar-refractivity contribution in [3.8, 4) is 11.5 Å². The molecule has 1 heterocycles. The molecule has 0 bridgehead atoms. The highest BCUT2D eigenvalue weighted by Gasteiger charge is 2.22. The summed E-state index contributed by atoms with van der Waals surface area (Å²) < 4.78 is 18.9. The Morgan fingerprint density at radius 3 is 2.69 bits per heavy atom. The Hall–Kier alpha value is -2.67. The molecule has 1 amide bonds. The molecular formula is C19H18FN3O2S. The number of rotatable bonds is 6. The van der Waals surface area contributed by atoms with Gasteiger partial charge in [-0.1, -0.05) is 42.1 Å². The Labute approximate surface area is 155 Å². The maximum Gasteiger partial charge on any atom is 0.277 e. The van der Waals surface area contributed by atoms with E-state index in [4.69, 9.17) is 4.42 Å². The van der Waals surface area contributed by atoms with Crippen molar-refractivity contribution in [2.45, 2.75) is 23.9 Å². The van der Waals surface area contributed by atoms with E-state index in [1.165, 1.54) is 23.9 Å². The number of carbonyl (C=O) groups excluding carboxylic acids is 1. The fourth-order valence-electron chi connectivity index (χ4n) is 2.45. The number of halogens is 1. The Morgan fingerprint density at radius 2 is 1.96 bits per heavy atom. The van der Waals surface area contributed by atoms with Crippen LogP contribution in [0.3, 0.4) is 0 Å². The highest BCUT2D eigenvalue weighted by atomic mass is 32.2. The van der Waals surface area contributed by atoms with Crippen LogP contribution in [0, 0.1) is 5.82 Å². The monoisotopic (exact) mass is 371 g/mol. The van der Waals surface area contributed by atoms with Crippen LogP contribution >= 0.6 is 11.8 Å². The third-order valence-electron chi connectivity index (χ3n) is 3.74. The lowest BCUT2D eigenvalue weighted by Crippen LogP contribution is -2.32. The molecule has 26 heavy (non-hydrogen) atoms. The first kappa shape index (κ1) is 18.1. The summed E-state index contributed by atoms with van der Waals surface area (Å²) in [5, 5.41) is 7.94. The van der Waals surface area contributed by atoms with Gasteiger partial charge in [0.25, 0.3) is 5.22 Å². The number of nitrogens with zero attached hydrogens (tertiary/aromatic N) is 3. The van der Waals surface area contributed by atoms with Crippen molar-refractivity contribution in [2.24, 2.45) is 0 Å². The molecule has 0 radical (unpaired) electrons. The van der Waals surface area contributed by atoms with Crippen LogP contribution in [0.25, 0.3) is 11.5 Å². The number of hydrogen-bond donors (Lipinski definition) is 0. The van der Waals surface area contributed by atoms with Crippen LogP contribution in [-0.4, -0.2) is 33.3 Å². The summed E-state index contributed by atoms with van der Waals surface area (Å²) in [5.41, 5.74) is 1.57. The minimum Gasteiger partial charge on any atom is -0.411 e. The highest BCUT2D eigenvalue weighted by molar-refractivity contribution is 8.00. The minimum atomic E-state index is -0.405. The summed E-state index contributed by atoms with van der Waals surface area (Å²) in [6.45, 7) is 2.11.